The highest BCUT2D eigenvalue weighted by Crippen LogP contribution is 2.26. The number of benzene rings is 1. The van der Waals surface area contributed by atoms with Crippen molar-refractivity contribution in [3.63, 3.8) is 0 Å². The summed E-state index contributed by atoms with van der Waals surface area (Å²) in [5.41, 5.74) is 1.10. The standard InChI is InChI=1S/C14H19Cl2NO2/c1-9(10-4-5-12(15)13(16)6-10)17-7-11-8-18-14(2,3)19-11/h4-6,9,11,17H,7-8H2,1-3H3. The topological polar surface area (TPSA) is 30.5 Å². The molecule has 3 nitrogen and oxygen atoms in total. The first kappa shape index (κ1) is 15.1. The average molecular weight is 304 g/mol. The zero-order valence-electron chi connectivity index (χ0n) is 11.4. The van der Waals surface area contributed by atoms with Gasteiger partial charge in [0, 0.05) is 12.6 Å². The Kier molecular flexibility index (Phi) is 4.75. The number of halogens is 2. The SMILES string of the molecule is CC(NCC1COC(C)(C)O1)c1ccc(Cl)c(Cl)c1. The summed E-state index contributed by atoms with van der Waals surface area (Å²) < 4.78 is 11.3. The molecule has 0 radical (unpaired) electrons. The number of rotatable bonds is 4. The fourth-order valence-electron chi connectivity index (χ4n) is 2.07. The maximum atomic E-state index is 6.02. The van der Waals surface area contributed by atoms with Crippen molar-refractivity contribution in [3.05, 3.63) is 33.8 Å². The van der Waals surface area contributed by atoms with Crippen molar-refractivity contribution in [1.82, 2.24) is 5.32 Å². The first-order chi connectivity index (χ1) is 8.87. The monoisotopic (exact) mass is 303 g/mol. The van der Waals surface area contributed by atoms with Crippen molar-refractivity contribution in [1.29, 1.82) is 0 Å². The van der Waals surface area contributed by atoms with Crippen LogP contribution in [0.25, 0.3) is 0 Å². The zero-order valence-corrected chi connectivity index (χ0v) is 12.9. The van der Waals surface area contributed by atoms with Crippen molar-refractivity contribution >= 4 is 23.2 Å². The Balaban J connectivity index is 1.87. The molecule has 1 fully saturated rings. The molecule has 1 aliphatic rings. The summed E-state index contributed by atoms with van der Waals surface area (Å²) in [6.45, 7) is 7.30. The predicted molar refractivity (Wildman–Crippen MR) is 77.8 cm³/mol. The van der Waals surface area contributed by atoms with Crippen molar-refractivity contribution in [2.45, 2.75) is 38.7 Å². The molecule has 0 aliphatic carbocycles. The molecule has 106 valence electrons. The molecule has 1 N–H and O–H groups in total. The molecule has 1 aliphatic heterocycles. The molecule has 0 spiro atoms. The van der Waals surface area contributed by atoms with Gasteiger partial charge in [0.05, 0.1) is 22.8 Å². The third-order valence-corrected chi connectivity index (χ3v) is 3.90. The van der Waals surface area contributed by atoms with Crippen LogP contribution in [0.1, 0.15) is 32.4 Å². The Hall–Kier alpha value is -0.320. The third-order valence-electron chi connectivity index (χ3n) is 3.16. The predicted octanol–water partition coefficient (Wildman–Crippen LogP) is 3.80. The van der Waals surface area contributed by atoms with Crippen molar-refractivity contribution in [3.8, 4) is 0 Å². The van der Waals surface area contributed by atoms with Crippen molar-refractivity contribution < 1.29 is 9.47 Å². The largest absolute Gasteiger partial charge is 0.348 e. The summed E-state index contributed by atoms with van der Waals surface area (Å²) in [7, 11) is 0. The van der Waals surface area contributed by atoms with E-state index in [1.165, 1.54) is 0 Å². The van der Waals surface area contributed by atoms with Gasteiger partial charge in [-0.3, -0.25) is 0 Å². The molecule has 2 unspecified atom stereocenters. The lowest BCUT2D eigenvalue weighted by molar-refractivity contribution is -0.137. The van der Waals surface area contributed by atoms with Gasteiger partial charge in [-0.25, -0.2) is 0 Å². The second-order valence-corrected chi connectivity index (χ2v) is 6.07. The van der Waals surface area contributed by atoms with Gasteiger partial charge in [-0.15, -0.1) is 0 Å². The Labute approximate surface area is 124 Å². The summed E-state index contributed by atoms with van der Waals surface area (Å²) in [5, 5.41) is 4.57. The van der Waals surface area contributed by atoms with Crippen LogP contribution in [0, 0.1) is 0 Å². The molecule has 1 aromatic carbocycles. The normalized spacial score (nSPS) is 23.5. The van der Waals surface area contributed by atoms with E-state index in [-0.39, 0.29) is 12.1 Å². The second-order valence-electron chi connectivity index (χ2n) is 5.25. The molecule has 0 saturated carbocycles. The molecule has 2 rings (SSSR count). The lowest BCUT2D eigenvalue weighted by atomic mass is 10.1. The van der Waals surface area contributed by atoms with Gasteiger partial charge in [-0.2, -0.15) is 0 Å². The molecule has 0 amide bonds. The van der Waals surface area contributed by atoms with E-state index in [0.29, 0.717) is 16.7 Å². The molecule has 2 atom stereocenters. The Morgan fingerprint density at radius 2 is 2.11 bits per heavy atom. The molecule has 5 heteroatoms. The number of hydrogen-bond donors (Lipinski definition) is 1. The highest BCUT2D eigenvalue weighted by atomic mass is 35.5. The van der Waals surface area contributed by atoms with Gasteiger partial charge in [0.15, 0.2) is 5.79 Å². The van der Waals surface area contributed by atoms with Crippen LogP contribution in [-0.4, -0.2) is 25.0 Å². The molecule has 0 bridgehead atoms. The molecule has 1 saturated heterocycles. The quantitative estimate of drug-likeness (QED) is 0.918. The van der Waals surface area contributed by atoms with Crippen LogP contribution in [0.15, 0.2) is 18.2 Å². The maximum absolute atomic E-state index is 6.02. The van der Waals surface area contributed by atoms with Crippen LogP contribution < -0.4 is 5.32 Å². The van der Waals surface area contributed by atoms with Gasteiger partial charge in [0.1, 0.15) is 0 Å². The summed E-state index contributed by atoms with van der Waals surface area (Å²) in [5.74, 6) is -0.473. The van der Waals surface area contributed by atoms with Crippen LogP contribution in [-0.2, 0) is 9.47 Å². The van der Waals surface area contributed by atoms with Crippen LogP contribution in [0.4, 0.5) is 0 Å². The van der Waals surface area contributed by atoms with Gasteiger partial charge >= 0.3 is 0 Å². The smallest absolute Gasteiger partial charge is 0.163 e. The van der Waals surface area contributed by atoms with Crippen molar-refractivity contribution in [2.75, 3.05) is 13.2 Å². The average Bonchev–Trinajstić information content (AvgIpc) is 2.69. The van der Waals surface area contributed by atoms with E-state index in [9.17, 15) is 0 Å². The maximum Gasteiger partial charge on any atom is 0.163 e. The van der Waals surface area contributed by atoms with Crippen LogP contribution in [0.5, 0.6) is 0 Å². The Morgan fingerprint density at radius 3 is 2.68 bits per heavy atom. The second kappa shape index (κ2) is 5.98. The highest BCUT2D eigenvalue weighted by Gasteiger charge is 2.32. The fraction of sp³-hybridized carbons (Fsp3) is 0.571. The van der Waals surface area contributed by atoms with Gasteiger partial charge in [0.25, 0.3) is 0 Å². The van der Waals surface area contributed by atoms with Crippen LogP contribution in [0.3, 0.4) is 0 Å². The Bertz CT molecular complexity index is 451. The molecular formula is C14H19Cl2NO2. The minimum absolute atomic E-state index is 0.0835. The van der Waals surface area contributed by atoms with E-state index < -0.39 is 5.79 Å². The Morgan fingerprint density at radius 1 is 1.37 bits per heavy atom. The fourth-order valence-corrected chi connectivity index (χ4v) is 2.38. The summed E-state index contributed by atoms with van der Waals surface area (Å²) in [6.07, 6.45) is 0.0835. The van der Waals surface area contributed by atoms with E-state index in [0.717, 1.165) is 12.1 Å². The summed E-state index contributed by atoms with van der Waals surface area (Å²) >= 11 is 11.9. The van der Waals surface area contributed by atoms with Gasteiger partial charge in [-0.1, -0.05) is 29.3 Å². The van der Waals surface area contributed by atoms with Gasteiger partial charge < -0.3 is 14.8 Å². The lowest BCUT2D eigenvalue weighted by Gasteiger charge is -2.19. The third kappa shape index (κ3) is 4.07. The molecule has 1 heterocycles. The number of ether oxygens (including phenoxy) is 2. The number of hydrogen-bond acceptors (Lipinski definition) is 3. The zero-order chi connectivity index (χ0) is 14.0. The summed E-state index contributed by atoms with van der Waals surface area (Å²) in [4.78, 5) is 0. The van der Waals surface area contributed by atoms with E-state index in [1.807, 2.05) is 32.0 Å². The van der Waals surface area contributed by atoms with E-state index in [2.05, 4.69) is 12.2 Å². The van der Waals surface area contributed by atoms with E-state index in [4.69, 9.17) is 32.7 Å². The number of nitrogens with one attached hydrogen (secondary N) is 1. The van der Waals surface area contributed by atoms with Crippen LogP contribution >= 0.6 is 23.2 Å². The van der Waals surface area contributed by atoms with Crippen molar-refractivity contribution in [2.24, 2.45) is 0 Å². The van der Waals surface area contributed by atoms with E-state index >= 15 is 0 Å². The first-order valence-corrected chi connectivity index (χ1v) is 7.13. The lowest BCUT2D eigenvalue weighted by Crippen LogP contribution is -2.32. The molecule has 19 heavy (non-hydrogen) atoms. The summed E-state index contributed by atoms with van der Waals surface area (Å²) in [6, 6.07) is 5.86. The minimum atomic E-state index is -0.473. The van der Waals surface area contributed by atoms with Crippen LogP contribution in [0.2, 0.25) is 10.0 Å². The minimum Gasteiger partial charge on any atom is -0.348 e. The molecular weight excluding hydrogens is 285 g/mol. The molecule has 0 aromatic heterocycles. The molecule has 1 aromatic rings. The van der Waals surface area contributed by atoms with Gasteiger partial charge in [0.2, 0.25) is 0 Å². The first-order valence-electron chi connectivity index (χ1n) is 6.37. The van der Waals surface area contributed by atoms with Gasteiger partial charge in [-0.05, 0) is 38.5 Å². The van der Waals surface area contributed by atoms with E-state index in [1.54, 1.807) is 0 Å². The highest BCUT2D eigenvalue weighted by molar-refractivity contribution is 6.42.